The molecule has 0 amide bonds. The van der Waals surface area contributed by atoms with Crippen molar-refractivity contribution in [1.29, 1.82) is 0 Å². The fraction of sp³-hybridized carbons (Fsp3) is 0.0500. The monoisotopic (exact) mass is 345 g/mol. The van der Waals surface area contributed by atoms with E-state index >= 15 is 0 Å². The maximum Gasteiger partial charge on any atom is 0.222 e. The second-order valence-corrected chi connectivity index (χ2v) is 6.31. The third kappa shape index (κ3) is 3.46. The summed E-state index contributed by atoms with van der Waals surface area (Å²) >= 11 is 1.70. The summed E-state index contributed by atoms with van der Waals surface area (Å²) in [6, 6.07) is 19.8. The lowest BCUT2D eigenvalue weighted by Gasteiger charge is -2.07. The van der Waals surface area contributed by atoms with Crippen molar-refractivity contribution < 1.29 is 4.74 Å². The summed E-state index contributed by atoms with van der Waals surface area (Å²) < 4.78 is 5.91. The Bertz CT molecular complexity index is 1040. The molecular formula is C20H15N3OS. The normalized spacial score (nSPS) is 10.8. The maximum atomic E-state index is 5.91. The zero-order valence-corrected chi connectivity index (χ0v) is 14.4. The summed E-state index contributed by atoms with van der Waals surface area (Å²) in [4.78, 5) is 14.1. The van der Waals surface area contributed by atoms with E-state index in [-0.39, 0.29) is 0 Å². The molecule has 25 heavy (non-hydrogen) atoms. The van der Waals surface area contributed by atoms with E-state index in [1.165, 1.54) is 11.2 Å². The minimum absolute atomic E-state index is 0.509. The first-order valence-corrected chi connectivity index (χ1v) is 9.03. The summed E-state index contributed by atoms with van der Waals surface area (Å²) in [6.45, 7) is 0. The number of hydrogen-bond donors (Lipinski definition) is 0. The smallest absolute Gasteiger partial charge is 0.222 e. The first-order chi connectivity index (χ1) is 12.3. The molecule has 122 valence electrons. The quantitative estimate of drug-likeness (QED) is 0.475. The Morgan fingerprint density at radius 2 is 1.84 bits per heavy atom. The standard InChI is InChI=1S/C20H15N3OS/c1-25-17-6-2-4-15(10-17)19-12-20(23-13-22-19)24-16-8-7-14-5-3-9-21-18(14)11-16/h2-13H,1H3. The third-order valence-corrected chi connectivity index (χ3v) is 4.53. The van der Waals surface area contributed by atoms with Crippen LogP contribution in [0.15, 0.2) is 78.1 Å². The van der Waals surface area contributed by atoms with Crippen molar-refractivity contribution in [3.8, 4) is 22.9 Å². The van der Waals surface area contributed by atoms with Crippen LogP contribution in [0, 0.1) is 0 Å². The van der Waals surface area contributed by atoms with Gasteiger partial charge in [0.1, 0.15) is 12.1 Å². The number of benzene rings is 2. The van der Waals surface area contributed by atoms with Gasteiger partial charge in [0.2, 0.25) is 5.88 Å². The van der Waals surface area contributed by atoms with Crippen LogP contribution in [0.2, 0.25) is 0 Å². The number of thioether (sulfide) groups is 1. The Morgan fingerprint density at radius 1 is 0.880 bits per heavy atom. The van der Waals surface area contributed by atoms with Gasteiger partial charge in [0, 0.05) is 34.2 Å². The summed E-state index contributed by atoms with van der Waals surface area (Å²) in [7, 11) is 0. The van der Waals surface area contributed by atoms with Gasteiger partial charge in [0.05, 0.1) is 11.2 Å². The molecule has 2 heterocycles. The molecule has 0 radical (unpaired) electrons. The Hall–Kier alpha value is -2.92. The second kappa shape index (κ2) is 6.91. The molecule has 2 aromatic heterocycles. The van der Waals surface area contributed by atoms with Gasteiger partial charge in [-0.1, -0.05) is 18.2 Å². The van der Waals surface area contributed by atoms with Crippen LogP contribution in [0.1, 0.15) is 0 Å². The summed E-state index contributed by atoms with van der Waals surface area (Å²) in [5.41, 5.74) is 2.76. The number of nitrogens with zero attached hydrogens (tertiary/aromatic N) is 3. The summed E-state index contributed by atoms with van der Waals surface area (Å²) in [5, 5.41) is 1.08. The highest BCUT2D eigenvalue weighted by Crippen LogP contribution is 2.27. The maximum absolute atomic E-state index is 5.91. The van der Waals surface area contributed by atoms with Crippen LogP contribution in [0.4, 0.5) is 0 Å². The van der Waals surface area contributed by atoms with Gasteiger partial charge in [-0.25, -0.2) is 9.97 Å². The molecule has 0 N–H and O–H groups in total. The van der Waals surface area contributed by atoms with Crippen molar-refractivity contribution in [1.82, 2.24) is 15.0 Å². The molecule has 0 bridgehead atoms. The van der Waals surface area contributed by atoms with E-state index in [1.807, 2.05) is 48.5 Å². The molecule has 0 saturated carbocycles. The van der Waals surface area contributed by atoms with Gasteiger partial charge < -0.3 is 4.74 Å². The van der Waals surface area contributed by atoms with Crippen LogP contribution in [0.5, 0.6) is 11.6 Å². The predicted octanol–water partition coefficient (Wildman–Crippen LogP) is 5.21. The number of ether oxygens (including phenoxy) is 1. The van der Waals surface area contributed by atoms with Crippen molar-refractivity contribution in [2.45, 2.75) is 4.90 Å². The van der Waals surface area contributed by atoms with E-state index < -0.39 is 0 Å². The first kappa shape index (κ1) is 15.6. The molecular weight excluding hydrogens is 330 g/mol. The van der Waals surface area contributed by atoms with Crippen molar-refractivity contribution >= 4 is 22.7 Å². The van der Waals surface area contributed by atoms with E-state index in [4.69, 9.17) is 4.74 Å². The molecule has 4 rings (SSSR count). The highest BCUT2D eigenvalue weighted by atomic mass is 32.2. The van der Waals surface area contributed by atoms with Gasteiger partial charge in [-0.15, -0.1) is 11.8 Å². The zero-order valence-electron chi connectivity index (χ0n) is 13.6. The van der Waals surface area contributed by atoms with Gasteiger partial charge in [0.25, 0.3) is 0 Å². The van der Waals surface area contributed by atoms with Crippen LogP contribution in [0.3, 0.4) is 0 Å². The molecule has 0 spiro atoms. The van der Waals surface area contributed by atoms with Gasteiger partial charge >= 0.3 is 0 Å². The van der Waals surface area contributed by atoms with Gasteiger partial charge in [-0.2, -0.15) is 0 Å². The highest BCUT2D eigenvalue weighted by Gasteiger charge is 2.06. The van der Waals surface area contributed by atoms with Crippen LogP contribution in [-0.4, -0.2) is 21.2 Å². The van der Waals surface area contributed by atoms with Gasteiger partial charge in [-0.3, -0.25) is 4.98 Å². The molecule has 0 aliphatic carbocycles. The Balaban J connectivity index is 1.64. The minimum atomic E-state index is 0.509. The van der Waals surface area contributed by atoms with E-state index in [0.29, 0.717) is 11.6 Å². The average molecular weight is 345 g/mol. The SMILES string of the molecule is CSc1cccc(-c2cc(Oc3ccc4cccnc4c3)ncn2)c1. The lowest BCUT2D eigenvalue weighted by atomic mass is 10.1. The van der Waals surface area contributed by atoms with E-state index in [0.717, 1.165) is 22.2 Å². The molecule has 0 saturated heterocycles. The van der Waals surface area contributed by atoms with Crippen LogP contribution in [0.25, 0.3) is 22.2 Å². The van der Waals surface area contributed by atoms with E-state index in [2.05, 4.69) is 33.3 Å². The number of hydrogen-bond acceptors (Lipinski definition) is 5. The summed E-state index contributed by atoms with van der Waals surface area (Å²) in [5.74, 6) is 1.21. The number of pyridine rings is 1. The average Bonchev–Trinajstić information content (AvgIpc) is 2.68. The first-order valence-electron chi connectivity index (χ1n) is 7.81. The molecule has 0 atom stereocenters. The number of rotatable bonds is 4. The molecule has 0 aliphatic heterocycles. The van der Waals surface area contributed by atoms with Gasteiger partial charge in [0.15, 0.2) is 0 Å². The minimum Gasteiger partial charge on any atom is -0.439 e. The zero-order chi connectivity index (χ0) is 17.1. The molecule has 0 fully saturated rings. The molecule has 4 nitrogen and oxygen atoms in total. The van der Waals surface area contributed by atoms with Crippen LogP contribution in [-0.2, 0) is 0 Å². The van der Waals surface area contributed by atoms with Crippen molar-refractivity contribution in [3.63, 3.8) is 0 Å². The highest BCUT2D eigenvalue weighted by molar-refractivity contribution is 7.98. The summed E-state index contributed by atoms with van der Waals surface area (Å²) in [6.07, 6.45) is 5.35. The number of fused-ring (bicyclic) bond motifs is 1. The van der Waals surface area contributed by atoms with Gasteiger partial charge in [-0.05, 0) is 36.6 Å². The van der Waals surface area contributed by atoms with Crippen molar-refractivity contribution in [2.24, 2.45) is 0 Å². The van der Waals surface area contributed by atoms with E-state index in [1.54, 1.807) is 18.0 Å². The molecule has 5 heteroatoms. The lowest BCUT2D eigenvalue weighted by molar-refractivity contribution is 0.462. The molecule has 4 aromatic rings. The molecule has 0 aliphatic rings. The van der Waals surface area contributed by atoms with Crippen molar-refractivity contribution in [3.05, 3.63) is 73.2 Å². The fourth-order valence-electron chi connectivity index (χ4n) is 2.57. The largest absolute Gasteiger partial charge is 0.439 e. The van der Waals surface area contributed by atoms with Crippen LogP contribution >= 0.6 is 11.8 Å². The lowest BCUT2D eigenvalue weighted by Crippen LogP contribution is -1.92. The Morgan fingerprint density at radius 3 is 2.76 bits per heavy atom. The van der Waals surface area contributed by atoms with Crippen molar-refractivity contribution in [2.75, 3.05) is 6.26 Å². The third-order valence-electron chi connectivity index (χ3n) is 3.81. The van der Waals surface area contributed by atoms with Crippen LogP contribution < -0.4 is 4.74 Å². The Labute approximate surface area is 149 Å². The molecule has 0 unspecified atom stereocenters. The second-order valence-electron chi connectivity index (χ2n) is 5.43. The topological polar surface area (TPSA) is 47.9 Å². The number of aromatic nitrogens is 3. The van der Waals surface area contributed by atoms with E-state index in [9.17, 15) is 0 Å². The fourth-order valence-corrected chi connectivity index (χ4v) is 3.03. The Kier molecular flexibility index (Phi) is 4.31. The molecule has 2 aromatic carbocycles. The predicted molar refractivity (Wildman–Crippen MR) is 101 cm³/mol.